The van der Waals surface area contributed by atoms with Crippen LogP contribution in [0.1, 0.15) is 19.8 Å². The van der Waals surface area contributed by atoms with Crippen molar-refractivity contribution in [2.75, 3.05) is 55.4 Å². The Morgan fingerprint density at radius 2 is 1.60 bits per heavy atom. The number of methoxy groups -OCH3 is 1. The number of likely N-dealkylation sites (N-methyl/N-ethyl adjacent to an activating group) is 1. The predicted molar refractivity (Wildman–Crippen MR) is 120 cm³/mol. The Morgan fingerprint density at radius 3 is 2.20 bits per heavy atom. The minimum absolute atomic E-state index is 0.134. The summed E-state index contributed by atoms with van der Waals surface area (Å²) in [6.07, 6.45) is 2.47. The Bertz CT molecular complexity index is 848. The quantitative estimate of drug-likeness (QED) is 0.664. The largest absolute Gasteiger partial charge is 0.497 e. The average Bonchev–Trinajstić information content (AvgIpc) is 3.28. The van der Waals surface area contributed by atoms with Crippen LogP contribution in [0.4, 0.5) is 17.1 Å². The van der Waals surface area contributed by atoms with Crippen LogP contribution in [-0.4, -0.2) is 56.5 Å². The molecule has 1 aliphatic rings. The van der Waals surface area contributed by atoms with E-state index >= 15 is 0 Å². The van der Waals surface area contributed by atoms with E-state index in [9.17, 15) is 9.59 Å². The van der Waals surface area contributed by atoms with E-state index in [1.54, 1.807) is 24.1 Å². The first kappa shape index (κ1) is 21.6. The summed E-state index contributed by atoms with van der Waals surface area (Å²) in [5.41, 5.74) is 2.62. The van der Waals surface area contributed by atoms with Crippen molar-refractivity contribution in [1.29, 1.82) is 0 Å². The molecule has 1 heterocycles. The van der Waals surface area contributed by atoms with Gasteiger partial charge in [-0.1, -0.05) is 13.0 Å². The van der Waals surface area contributed by atoms with Crippen molar-refractivity contribution in [3.63, 3.8) is 0 Å². The lowest BCUT2D eigenvalue weighted by Crippen LogP contribution is -2.38. The lowest BCUT2D eigenvalue weighted by Gasteiger charge is -2.20. The number of nitrogens with one attached hydrogen (secondary N) is 2. The van der Waals surface area contributed by atoms with Crippen LogP contribution in [0.2, 0.25) is 0 Å². The second-order valence-corrected chi connectivity index (χ2v) is 7.37. The first-order valence-corrected chi connectivity index (χ1v) is 10.4. The second kappa shape index (κ2) is 10.6. The first-order valence-electron chi connectivity index (χ1n) is 10.4. The van der Waals surface area contributed by atoms with E-state index in [1.807, 2.05) is 43.3 Å². The van der Waals surface area contributed by atoms with E-state index in [1.165, 1.54) is 18.5 Å². The van der Waals surface area contributed by atoms with Crippen LogP contribution in [0, 0.1) is 0 Å². The van der Waals surface area contributed by atoms with Crippen LogP contribution in [0.15, 0.2) is 48.5 Å². The van der Waals surface area contributed by atoms with Crippen LogP contribution in [0.25, 0.3) is 0 Å². The lowest BCUT2D eigenvalue weighted by molar-refractivity contribution is -0.119. The Morgan fingerprint density at radius 1 is 0.967 bits per heavy atom. The summed E-state index contributed by atoms with van der Waals surface area (Å²) in [4.78, 5) is 28.9. The minimum atomic E-state index is -0.173. The number of amides is 2. The molecule has 0 atom stereocenters. The van der Waals surface area contributed by atoms with Gasteiger partial charge in [-0.2, -0.15) is 0 Å². The second-order valence-electron chi connectivity index (χ2n) is 7.37. The highest BCUT2D eigenvalue weighted by Crippen LogP contribution is 2.22. The number of carbonyl (C=O) groups excluding carboxylic acids is 2. The molecule has 30 heavy (non-hydrogen) atoms. The molecule has 1 aliphatic heterocycles. The molecule has 0 radical (unpaired) electrons. The molecule has 0 aromatic heterocycles. The Hall–Kier alpha value is -3.06. The van der Waals surface area contributed by atoms with Gasteiger partial charge in [-0.15, -0.1) is 0 Å². The van der Waals surface area contributed by atoms with E-state index in [0.29, 0.717) is 18.0 Å². The maximum atomic E-state index is 12.4. The number of carbonyl (C=O) groups is 2. The predicted octanol–water partition coefficient (Wildman–Crippen LogP) is 3.19. The van der Waals surface area contributed by atoms with Crippen LogP contribution in [-0.2, 0) is 9.59 Å². The summed E-state index contributed by atoms with van der Waals surface area (Å²) in [6, 6.07) is 15.1. The van der Waals surface area contributed by atoms with E-state index < -0.39 is 0 Å². The van der Waals surface area contributed by atoms with E-state index in [4.69, 9.17) is 4.74 Å². The molecule has 160 valence electrons. The standard InChI is InChI=1S/C23H30N4O3/c1-3-26(17-23(29)25-19-7-6-8-21(15-19)30-2)16-22(28)24-18-9-11-20(12-10-18)27-13-4-5-14-27/h6-12,15H,3-5,13-14,16-17H2,1-2H3,(H,24,28)(H,25,29). The van der Waals surface area contributed by atoms with Crippen molar-refractivity contribution >= 4 is 28.9 Å². The van der Waals surface area contributed by atoms with Gasteiger partial charge in [-0.3, -0.25) is 14.5 Å². The van der Waals surface area contributed by atoms with E-state index in [2.05, 4.69) is 15.5 Å². The fourth-order valence-electron chi connectivity index (χ4n) is 3.52. The molecule has 2 amide bonds. The zero-order valence-corrected chi connectivity index (χ0v) is 17.7. The molecule has 2 aromatic rings. The maximum absolute atomic E-state index is 12.4. The monoisotopic (exact) mass is 410 g/mol. The maximum Gasteiger partial charge on any atom is 0.238 e. The number of hydrogen-bond donors (Lipinski definition) is 2. The van der Waals surface area contributed by atoms with Crippen LogP contribution < -0.4 is 20.3 Å². The summed E-state index contributed by atoms with van der Waals surface area (Å²) in [6.45, 7) is 4.98. The van der Waals surface area contributed by atoms with Crippen molar-refractivity contribution in [2.24, 2.45) is 0 Å². The van der Waals surface area contributed by atoms with Gasteiger partial charge in [0.1, 0.15) is 5.75 Å². The molecule has 0 bridgehead atoms. The number of hydrogen-bond acceptors (Lipinski definition) is 5. The molecule has 1 saturated heterocycles. The molecule has 7 heteroatoms. The highest BCUT2D eigenvalue weighted by Gasteiger charge is 2.15. The third kappa shape index (κ3) is 6.22. The molecule has 1 fully saturated rings. The summed E-state index contributed by atoms with van der Waals surface area (Å²) in [7, 11) is 1.58. The third-order valence-corrected chi connectivity index (χ3v) is 5.16. The Balaban J connectivity index is 1.48. The van der Waals surface area contributed by atoms with Gasteiger partial charge in [-0.25, -0.2) is 0 Å². The molecule has 0 saturated carbocycles. The van der Waals surface area contributed by atoms with E-state index in [0.717, 1.165) is 18.8 Å². The van der Waals surface area contributed by atoms with Gasteiger partial charge in [-0.05, 0) is 55.8 Å². The normalized spacial score (nSPS) is 13.4. The molecule has 7 nitrogen and oxygen atoms in total. The zero-order chi connectivity index (χ0) is 21.3. The number of ether oxygens (including phenoxy) is 1. The molecule has 2 N–H and O–H groups in total. The zero-order valence-electron chi connectivity index (χ0n) is 17.7. The summed E-state index contributed by atoms with van der Waals surface area (Å²) in [5, 5.41) is 5.76. The van der Waals surface area contributed by atoms with E-state index in [-0.39, 0.29) is 24.9 Å². The number of benzene rings is 2. The van der Waals surface area contributed by atoms with Gasteiger partial charge in [0.05, 0.1) is 20.2 Å². The molecule has 3 rings (SSSR count). The lowest BCUT2D eigenvalue weighted by atomic mass is 10.2. The molecular weight excluding hydrogens is 380 g/mol. The van der Waals surface area contributed by atoms with Gasteiger partial charge in [0.2, 0.25) is 11.8 Å². The third-order valence-electron chi connectivity index (χ3n) is 5.16. The van der Waals surface area contributed by atoms with Gasteiger partial charge in [0, 0.05) is 36.2 Å². The van der Waals surface area contributed by atoms with Gasteiger partial charge in [0.15, 0.2) is 0 Å². The van der Waals surface area contributed by atoms with Crippen LogP contribution >= 0.6 is 0 Å². The summed E-state index contributed by atoms with van der Waals surface area (Å²) in [5.74, 6) is 0.364. The molecule has 2 aromatic carbocycles. The van der Waals surface area contributed by atoms with Crippen LogP contribution in [0.5, 0.6) is 5.75 Å². The first-order chi connectivity index (χ1) is 14.6. The summed E-state index contributed by atoms with van der Waals surface area (Å²) >= 11 is 0. The van der Waals surface area contributed by atoms with Crippen molar-refractivity contribution in [3.8, 4) is 5.75 Å². The number of nitrogens with zero attached hydrogens (tertiary/aromatic N) is 2. The highest BCUT2D eigenvalue weighted by molar-refractivity contribution is 5.94. The van der Waals surface area contributed by atoms with Crippen molar-refractivity contribution in [1.82, 2.24) is 4.90 Å². The number of rotatable bonds is 9. The fraction of sp³-hybridized carbons (Fsp3) is 0.391. The SMILES string of the molecule is CCN(CC(=O)Nc1ccc(N2CCCC2)cc1)CC(=O)Nc1cccc(OC)c1. The van der Waals surface area contributed by atoms with Crippen molar-refractivity contribution in [2.45, 2.75) is 19.8 Å². The molecule has 0 aliphatic carbocycles. The average molecular weight is 411 g/mol. The smallest absolute Gasteiger partial charge is 0.238 e. The number of anilines is 3. The summed E-state index contributed by atoms with van der Waals surface area (Å²) < 4.78 is 5.17. The highest BCUT2D eigenvalue weighted by atomic mass is 16.5. The Labute approximate surface area is 178 Å². The van der Waals surface area contributed by atoms with Crippen molar-refractivity contribution in [3.05, 3.63) is 48.5 Å². The minimum Gasteiger partial charge on any atom is -0.497 e. The van der Waals surface area contributed by atoms with Crippen LogP contribution in [0.3, 0.4) is 0 Å². The van der Waals surface area contributed by atoms with Crippen molar-refractivity contribution < 1.29 is 14.3 Å². The van der Waals surface area contributed by atoms with Gasteiger partial charge >= 0.3 is 0 Å². The molecule has 0 spiro atoms. The van der Waals surface area contributed by atoms with Gasteiger partial charge < -0.3 is 20.3 Å². The fourth-order valence-corrected chi connectivity index (χ4v) is 3.52. The van der Waals surface area contributed by atoms with Gasteiger partial charge in [0.25, 0.3) is 0 Å². The molecular formula is C23H30N4O3. The molecule has 0 unspecified atom stereocenters. The Kier molecular flexibility index (Phi) is 7.68. The topological polar surface area (TPSA) is 73.9 Å².